The molecular weight excluding hydrogens is 329 g/mol. The van der Waals surface area contributed by atoms with E-state index in [9.17, 15) is 18.3 Å². The van der Waals surface area contributed by atoms with E-state index in [4.69, 9.17) is 4.55 Å². The molecule has 0 aliphatic rings. The second-order valence-corrected chi connectivity index (χ2v) is 3.65. The molecule has 0 aliphatic heterocycles. The topological polar surface area (TPSA) is 94.5 Å². The van der Waals surface area contributed by atoms with Crippen LogP contribution in [0.2, 0.25) is 0 Å². The minimum absolute atomic E-state index is 0. The molecule has 1 N–H and O–H groups in total. The Morgan fingerprint density at radius 3 is 2.14 bits per heavy atom. The third kappa shape index (κ3) is 3.66. The van der Waals surface area contributed by atoms with Crippen molar-refractivity contribution in [3.63, 3.8) is 0 Å². The molecule has 0 saturated carbocycles. The number of hydrogen-bond donors (Lipinski definition) is 1. The maximum absolute atomic E-state index is 10.6. The summed E-state index contributed by atoms with van der Waals surface area (Å²) in [4.78, 5) is 9.72. The molecule has 0 radical (unpaired) electrons. The van der Waals surface area contributed by atoms with Crippen LogP contribution in [0.1, 0.15) is 10.4 Å². The quantitative estimate of drug-likeness (QED) is 0.562. The van der Waals surface area contributed by atoms with Gasteiger partial charge in [-0.15, -0.1) is 0 Å². The molecule has 70 valence electrons. The number of carbonyl (C=O) groups excluding carboxylic acids is 1. The van der Waals surface area contributed by atoms with E-state index in [-0.39, 0.29) is 68.9 Å². The van der Waals surface area contributed by atoms with E-state index in [0.29, 0.717) is 0 Å². The third-order valence-electron chi connectivity index (χ3n) is 1.38. The molecule has 1 aromatic rings. The fourth-order valence-electron chi connectivity index (χ4n) is 0.860. The number of carboxylic acid groups (broad SMARTS) is 1. The van der Waals surface area contributed by atoms with Gasteiger partial charge in [0.25, 0.3) is 10.1 Å². The maximum Gasteiger partial charge on any atom is 1.00 e. The molecule has 7 heteroatoms. The van der Waals surface area contributed by atoms with Gasteiger partial charge in [-0.05, 0) is 6.07 Å². The first-order valence-corrected chi connectivity index (χ1v) is 4.65. The first kappa shape index (κ1) is 14.7. The number of benzene rings is 1. The van der Waals surface area contributed by atoms with Crippen molar-refractivity contribution < 1.29 is 91.8 Å². The first-order chi connectivity index (χ1) is 5.93. The molecule has 5 nitrogen and oxygen atoms in total. The average molecular weight is 334 g/mol. The van der Waals surface area contributed by atoms with E-state index >= 15 is 0 Å². The van der Waals surface area contributed by atoms with E-state index in [2.05, 4.69) is 0 Å². The largest absolute Gasteiger partial charge is 1.00 e. The van der Waals surface area contributed by atoms with Crippen LogP contribution < -0.4 is 74.0 Å². The summed E-state index contributed by atoms with van der Waals surface area (Å²) in [7, 11) is -4.50. The predicted octanol–water partition coefficient (Wildman–Crippen LogP) is -3.70. The Morgan fingerprint density at radius 2 is 1.79 bits per heavy atom. The van der Waals surface area contributed by atoms with Crippen molar-refractivity contribution in [3.8, 4) is 0 Å². The van der Waals surface area contributed by atoms with E-state index in [1.54, 1.807) is 0 Å². The summed E-state index contributed by atoms with van der Waals surface area (Å²) in [5.41, 5.74) is -0.551. The Bertz CT molecular complexity index is 439. The Morgan fingerprint density at radius 1 is 1.29 bits per heavy atom. The summed E-state index contributed by atoms with van der Waals surface area (Å²) in [6.07, 6.45) is 0. The van der Waals surface area contributed by atoms with Crippen molar-refractivity contribution in [2.75, 3.05) is 0 Å². The normalized spacial score (nSPS) is 10.4. The van der Waals surface area contributed by atoms with Crippen LogP contribution in [-0.4, -0.2) is 18.9 Å². The van der Waals surface area contributed by atoms with Gasteiger partial charge in [-0.3, -0.25) is 4.55 Å². The van der Waals surface area contributed by atoms with Gasteiger partial charge in [-0.2, -0.15) is 8.42 Å². The Hall–Kier alpha value is 0.652. The number of aromatic carboxylic acids is 1. The SMILES string of the molecule is O=C([O-])c1ccccc1S(=O)(=O)O.[Cs+]. The standard InChI is InChI=1S/C7H6O5S.Cs/c8-7(9)5-3-1-2-4-6(5)13(10,11)12;/h1-4H,(H,8,9)(H,10,11,12);/q;+1/p-1. The summed E-state index contributed by atoms with van der Waals surface area (Å²) in [5.74, 6) is -1.65. The fraction of sp³-hybridized carbons (Fsp3) is 0. The van der Waals surface area contributed by atoms with Crippen LogP contribution >= 0.6 is 0 Å². The van der Waals surface area contributed by atoms with Crippen LogP contribution in [0.4, 0.5) is 0 Å². The van der Waals surface area contributed by atoms with Crippen molar-refractivity contribution >= 4 is 16.1 Å². The van der Waals surface area contributed by atoms with Crippen LogP contribution in [0.3, 0.4) is 0 Å². The van der Waals surface area contributed by atoms with Gasteiger partial charge >= 0.3 is 68.9 Å². The number of hydrogen-bond acceptors (Lipinski definition) is 4. The first-order valence-electron chi connectivity index (χ1n) is 3.21. The van der Waals surface area contributed by atoms with Crippen molar-refractivity contribution in [2.24, 2.45) is 0 Å². The molecule has 0 spiro atoms. The Labute approximate surface area is 140 Å². The Balaban J connectivity index is 0.00000169. The molecule has 0 bridgehead atoms. The van der Waals surface area contributed by atoms with Gasteiger partial charge in [0.05, 0.1) is 5.97 Å². The molecule has 1 rings (SSSR count). The van der Waals surface area contributed by atoms with E-state index < -0.39 is 26.5 Å². The fourth-order valence-corrected chi connectivity index (χ4v) is 1.54. The van der Waals surface area contributed by atoms with E-state index in [1.807, 2.05) is 0 Å². The number of rotatable bonds is 2. The van der Waals surface area contributed by atoms with Crippen molar-refractivity contribution in [1.82, 2.24) is 0 Å². The molecule has 0 heterocycles. The van der Waals surface area contributed by atoms with Crippen molar-refractivity contribution in [3.05, 3.63) is 29.8 Å². The molecule has 0 unspecified atom stereocenters. The summed E-state index contributed by atoms with van der Waals surface area (Å²) in [6.45, 7) is 0. The van der Waals surface area contributed by atoms with Gasteiger partial charge in [0.2, 0.25) is 0 Å². The second kappa shape index (κ2) is 5.66. The molecule has 0 aromatic heterocycles. The monoisotopic (exact) mass is 334 g/mol. The van der Waals surface area contributed by atoms with Crippen molar-refractivity contribution in [1.29, 1.82) is 0 Å². The maximum atomic E-state index is 10.6. The van der Waals surface area contributed by atoms with Crippen LogP contribution in [0.5, 0.6) is 0 Å². The smallest absolute Gasteiger partial charge is 0.545 e. The van der Waals surface area contributed by atoms with Gasteiger partial charge in [0, 0.05) is 5.56 Å². The van der Waals surface area contributed by atoms with Crippen molar-refractivity contribution in [2.45, 2.75) is 4.90 Å². The van der Waals surface area contributed by atoms with Crippen LogP contribution in [0.25, 0.3) is 0 Å². The molecule has 0 saturated heterocycles. The minimum Gasteiger partial charge on any atom is -0.545 e. The molecule has 0 aliphatic carbocycles. The molecule has 0 atom stereocenters. The molecule has 1 aromatic carbocycles. The predicted molar refractivity (Wildman–Crippen MR) is 40.6 cm³/mol. The summed E-state index contributed by atoms with van der Waals surface area (Å²) < 4.78 is 29.8. The molecule has 0 amide bonds. The second-order valence-electron chi connectivity index (χ2n) is 2.26. The van der Waals surface area contributed by atoms with Gasteiger partial charge in [0.1, 0.15) is 4.90 Å². The summed E-state index contributed by atoms with van der Waals surface area (Å²) in [5, 5.41) is 10.4. The van der Waals surface area contributed by atoms with E-state index in [0.717, 1.165) is 12.1 Å². The number of carboxylic acids is 1. The summed E-state index contributed by atoms with van der Waals surface area (Å²) in [6, 6.07) is 4.66. The Kier molecular flexibility index (Phi) is 5.92. The zero-order valence-electron chi connectivity index (χ0n) is 7.30. The molecular formula is C7H5CsO5S. The minimum atomic E-state index is -4.50. The molecule has 14 heavy (non-hydrogen) atoms. The van der Waals surface area contributed by atoms with Gasteiger partial charge < -0.3 is 9.90 Å². The third-order valence-corrected chi connectivity index (χ3v) is 2.30. The molecule has 0 fully saturated rings. The van der Waals surface area contributed by atoms with Crippen LogP contribution in [0.15, 0.2) is 29.2 Å². The van der Waals surface area contributed by atoms with E-state index in [1.165, 1.54) is 12.1 Å². The van der Waals surface area contributed by atoms with Crippen LogP contribution in [-0.2, 0) is 10.1 Å². The van der Waals surface area contributed by atoms with Gasteiger partial charge in [-0.25, -0.2) is 0 Å². The summed E-state index contributed by atoms with van der Waals surface area (Å²) >= 11 is 0. The zero-order chi connectivity index (χ0) is 10.1. The van der Waals surface area contributed by atoms with Gasteiger partial charge in [-0.1, -0.05) is 18.2 Å². The zero-order valence-corrected chi connectivity index (χ0v) is 14.4. The van der Waals surface area contributed by atoms with Crippen LogP contribution in [0, 0.1) is 0 Å². The number of carbonyl (C=O) groups is 1. The van der Waals surface area contributed by atoms with Gasteiger partial charge in [0.15, 0.2) is 0 Å². The average Bonchev–Trinajstić information content (AvgIpc) is 2.03.